The Kier molecular flexibility index (Phi) is 5.22. The summed E-state index contributed by atoms with van der Waals surface area (Å²) in [5, 5.41) is 21.4. The molecule has 0 aliphatic heterocycles. The third kappa shape index (κ3) is 3.09. The van der Waals surface area contributed by atoms with Crippen molar-refractivity contribution in [2.45, 2.75) is 38.8 Å². The van der Waals surface area contributed by atoms with Crippen LogP contribution in [0.4, 0.5) is 0 Å². The molecule has 0 spiro atoms. The molecule has 1 saturated carbocycles. The van der Waals surface area contributed by atoms with Crippen LogP contribution in [0.25, 0.3) is 0 Å². The second kappa shape index (κ2) is 5.15. The number of nitrogens with one attached hydrogen (secondary N) is 1. The maximum atomic E-state index is 9.00. The van der Waals surface area contributed by atoms with Crippen LogP contribution in [0.15, 0.2) is 0 Å². The molecule has 1 aliphatic carbocycles. The van der Waals surface area contributed by atoms with Crippen molar-refractivity contribution in [3.8, 4) is 0 Å². The number of rotatable bonds is 4. The lowest BCUT2D eigenvalue weighted by Crippen LogP contribution is -2.54. The highest BCUT2D eigenvalue weighted by Gasteiger charge is 2.43. The predicted octanol–water partition coefficient (Wildman–Crippen LogP) is 0.540. The monoisotopic (exact) mass is 209 g/mol. The topological polar surface area (TPSA) is 52.5 Å². The maximum absolute atomic E-state index is 9.00. The summed E-state index contributed by atoms with van der Waals surface area (Å²) in [6, 6.07) is 0.981. The summed E-state index contributed by atoms with van der Waals surface area (Å²) in [5.41, 5.74) is -0.188. The van der Waals surface area contributed by atoms with Crippen molar-refractivity contribution >= 4 is 12.4 Å². The van der Waals surface area contributed by atoms with E-state index in [1.807, 2.05) is 0 Å². The number of hydrogen-bond donors (Lipinski definition) is 3. The molecule has 0 radical (unpaired) electrons. The van der Waals surface area contributed by atoms with Crippen molar-refractivity contribution in [2.24, 2.45) is 5.41 Å². The molecule has 0 saturated heterocycles. The summed E-state index contributed by atoms with van der Waals surface area (Å²) >= 11 is 0. The van der Waals surface area contributed by atoms with Gasteiger partial charge in [0.05, 0.1) is 13.2 Å². The standard InChI is InChI=1S/C9H19NO2.ClH/c1-7(2)10-8-3-9(4-8,5-11)6-12;/h7-8,10-12H,3-6H2,1-2H3;1H. The van der Waals surface area contributed by atoms with Crippen molar-refractivity contribution in [3.05, 3.63) is 0 Å². The van der Waals surface area contributed by atoms with E-state index < -0.39 is 0 Å². The molecule has 13 heavy (non-hydrogen) atoms. The number of aliphatic hydroxyl groups is 2. The first-order valence-electron chi connectivity index (χ1n) is 4.60. The van der Waals surface area contributed by atoms with Crippen molar-refractivity contribution in [2.75, 3.05) is 13.2 Å². The summed E-state index contributed by atoms with van der Waals surface area (Å²) in [4.78, 5) is 0. The lowest BCUT2D eigenvalue weighted by molar-refractivity contribution is -0.0334. The second-order valence-electron chi connectivity index (χ2n) is 4.24. The molecular weight excluding hydrogens is 190 g/mol. The molecule has 0 unspecified atom stereocenters. The van der Waals surface area contributed by atoms with Crippen LogP contribution in [-0.2, 0) is 0 Å². The van der Waals surface area contributed by atoms with Crippen LogP contribution in [0.1, 0.15) is 26.7 Å². The van der Waals surface area contributed by atoms with Crippen LogP contribution >= 0.6 is 12.4 Å². The van der Waals surface area contributed by atoms with Crippen LogP contribution in [0.3, 0.4) is 0 Å². The third-order valence-corrected chi connectivity index (χ3v) is 2.60. The van der Waals surface area contributed by atoms with Gasteiger partial charge in [0.15, 0.2) is 0 Å². The molecule has 0 aromatic carbocycles. The zero-order valence-electron chi connectivity index (χ0n) is 8.29. The van der Waals surface area contributed by atoms with Crippen LogP contribution in [-0.4, -0.2) is 35.5 Å². The first-order chi connectivity index (χ1) is 5.62. The Morgan fingerprint density at radius 1 is 1.31 bits per heavy atom. The maximum Gasteiger partial charge on any atom is 0.0510 e. The molecule has 0 heterocycles. The molecule has 3 N–H and O–H groups in total. The molecule has 0 aromatic heterocycles. The van der Waals surface area contributed by atoms with Crippen LogP contribution in [0.5, 0.6) is 0 Å². The highest BCUT2D eigenvalue weighted by Crippen LogP contribution is 2.40. The Balaban J connectivity index is 0.00000144. The lowest BCUT2D eigenvalue weighted by atomic mass is 9.66. The number of aliphatic hydroxyl groups excluding tert-OH is 2. The van der Waals surface area contributed by atoms with Crippen LogP contribution in [0.2, 0.25) is 0 Å². The van der Waals surface area contributed by atoms with Gasteiger partial charge in [0.25, 0.3) is 0 Å². The van der Waals surface area contributed by atoms with Gasteiger partial charge in [-0.3, -0.25) is 0 Å². The first-order valence-corrected chi connectivity index (χ1v) is 4.60. The molecule has 0 bridgehead atoms. The van der Waals surface area contributed by atoms with Gasteiger partial charge >= 0.3 is 0 Å². The van der Waals surface area contributed by atoms with Gasteiger partial charge < -0.3 is 15.5 Å². The Bertz CT molecular complexity index is 141. The van der Waals surface area contributed by atoms with E-state index in [1.165, 1.54) is 0 Å². The van der Waals surface area contributed by atoms with Crippen molar-refractivity contribution in [1.29, 1.82) is 0 Å². The van der Waals surface area contributed by atoms with E-state index in [2.05, 4.69) is 19.2 Å². The summed E-state index contributed by atoms with van der Waals surface area (Å²) in [7, 11) is 0. The molecule has 80 valence electrons. The van der Waals surface area contributed by atoms with E-state index in [4.69, 9.17) is 10.2 Å². The summed E-state index contributed by atoms with van der Waals surface area (Å²) < 4.78 is 0. The molecule has 3 nitrogen and oxygen atoms in total. The van der Waals surface area contributed by atoms with Crippen molar-refractivity contribution in [3.63, 3.8) is 0 Å². The Hall–Kier alpha value is 0.170. The summed E-state index contributed by atoms with van der Waals surface area (Å²) in [6.07, 6.45) is 1.80. The highest BCUT2D eigenvalue weighted by molar-refractivity contribution is 5.85. The second-order valence-corrected chi connectivity index (χ2v) is 4.24. The molecular formula is C9H20ClNO2. The van der Waals surface area contributed by atoms with E-state index in [0.29, 0.717) is 12.1 Å². The van der Waals surface area contributed by atoms with Gasteiger partial charge in [-0.2, -0.15) is 0 Å². The Labute approximate surface area is 85.9 Å². The van der Waals surface area contributed by atoms with E-state index in [0.717, 1.165) is 12.8 Å². The van der Waals surface area contributed by atoms with E-state index in [1.54, 1.807) is 0 Å². The smallest absolute Gasteiger partial charge is 0.0510 e. The zero-order chi connectivity index (χ0) is 9.19. The minimum absolute atomic E-state index is 0. The van der Waals surface area contributed by atoms with Gasteiger partial charge in [-0.1, -0.05) is 13.8 Å². The van der Waals surface area contributed by atoms with Crippen molar-refractivity contribution in [1.82, 2.24) is 5.32 Å². The first kappa shape index (κ1) is 13.2. The third-order valence-electron chi connectivity index (χ3n) is 2.60. The largest absolute Gasteiger partial charge is 0.396 e. The van der Waals surface area contributed by atoms with Gasteiger partial charge in [0.1, 0.15) is 0 Å². The van der Waals surface area contributed by atoms with Crippen molar-refractivity contribution < 1.29 is 10.2 Å². The molecule has 4 heteroatoms. The van der Waals surface area contributed by atoms with E-state index in [9.17, 15) is 0 Å². The van der Waals surface area contributed by atoms with Crippen LogP contribution < -0.4 is 5.32 Å². The fourth-order valence-electron chi connectivity index (χ4n) is 1.88. The zero-order valence-corrected chi connectivity index (χ0v) is 9.10. The quantitative estimate of drug-likeness (QED) is 0.634. The molecule has 1 fully saturated rings. The van der Waals surface area contributed by atoms with Crippen LogP contribution in [0, 0.1) is 5.41 Å². The molecule has 1 aliphatic rings. The van der Waals surface area contributed by atoms with Gasteiger partial charge in [0.2, 0.25) is 0 Å². The minimum Gasteiger partial charge on any atom is -0.396 e. The fraction of sp³-hybridized carbons (Fsp3) is 1.00. The minimum atomic E-state index is -0.188. The van der Waals surface area contributed by atoms with E-state index in [-0.39, 0.29) is 31.0 Å². The molecule has 0 amide bonds. The van der Waals surface area contributed by atoms with Gasteiger partial charge in [0, 0.05) is 17.5 Å². The lowest BCUT2D eigenvalue weighted by Gasteiger charge is -2.46. The van der Waals surface area contributed by atoms with Gasteiger partial charge in [-0.25, -0.2) is 0 Å². The average Bonchev–Trinajstić information content (AvgIpc) is 1.95. The van der Waals surface area contributed by atoms with E-state index >= 15 is 0 Å². The molecule has 1 rings (SSSR count). The average molecular weight is 210 g/mol. The van der Waals surface area contributed by atoms with Gasteiger partial charge in [-0.05, 0) is 12.8 Å². The fourth-order valence-corrected chi connectivity index (χ4v) is 1.88. The summed E-state index contributed by atoms with van der Waals surface area (Å²) in [6.45, 7) is 4.44. The number of halogens is 1. The summed E-state index contributed by atoms with van der Waals surface area (Å²) in [5.74, 6) is 0. The number of hydrogen-bond acceptors (Lipinski definition) is 3. The highest BCUT2D eigenvalue weighted by atomic mass is 35.5. The van der Waals surface area contributed by atoms with Gasteiger partial charge in [-0.15, -0.1) is 12.4 Å². The molecule has 0 atom stereocenters. The Morgan fingerprint density at radius 2 is 1.77 bits per heavy atom. The Morgan fingerprint density at radius 3 is 2.08 bits per heavy atom. The normalized spacial score (nSPS) is 21.0. The molecule has 0 aromatic rings. The predicted molar refractivity (Wildman–Crippen MR) is 55.1 cm³/mol. The SMILES string of the molecule is CC(C)NC1CC(CO)(CO)C1.Cl.